The third-order valence-corrected chi connectivity index (χ3v) is 3.00. The zero-order chi connectivity index (χ0) is 15.8. The largest absolute Gasteiger partial charge is 0.395 e. The van der Waals surface area contributed by atoms with Gasteiger partial charge in [-0.15, -0.1) is 0 Å². The fourth-order valence-corrected chi connectivity index (χ4v) is 1.69. The highest BCUT2D eigenvalue weighted by Gasteiger charge is 2.19. The third kappa shape index (κ3) is 5.45. The topological polar surface area (TPSA) is 95.7 Å². The van der Waals surface area contributed by atoms with Crippen molar-refractivity contribution in [3.8, 4) is 0 Å². The number of nitrogens with two attached hydrogens (primary N) is 1. The summed E-state index contributed by atoms with van der Waals surface area (Å²) in [5.41, 5.74) is 5.97. The Morgan fingerprint density at radius 1 is 1.38 bits per heavy atom. The lowest BCUT2D eigenvalue weighted by Gasteiger charge is -2.16. The molecule has 0 aliphatic carbocycles. The van der Waals surface area contributed by atoms with E-state index in [-0.39, 0.29) is 18.7 Å². The van der Waals surface area contributed by atoms with Crippen LogP contribution in [0.4, 0.5) is 0 Å². The Hall–Kier alpha value is -2.05. The number of hydrogen-bond donors (Lipinski definition) is 3. The van der Waals surface area contributed by atoms with Crippen LogP contribution in [-0.2, 0) is 16.1 Å². The van der Waals surface area contributed by atoms with Crippen molar-refractivity contribution in [2.24, 2.45) is 5.73 Å². The van der Waals surface area contributed by atoms with Gasteiger partial charge in [0.1, 0.15) is 5.57 Å². The monoisotopic (exact) mass is 311 g/mol. The molecule has 1 rings (SSSR count). The number of halogens is 1. The molecule has 0 bridgehead atoms. The van der Waals surface area contributed by atoms with Crippen LogP contribution in [0.2, 0.25) is 5.02 Å². The number of primary amides is 1. The lowest BCUT2D eigenvalue weighted by Crippen LogP contribution is -2.36. The van der Waals surface area contributed by atoms with Gasteiger partial charge in [0.2, 0.25) is 0 Å². The molecular formula is C14H18ClN3O3. The Morgan fingerprint density at radius 2 is 2.00 bits per heavy atom. The van der Waals surface area contributed by atoms with Crippen LogP contribution in [0.3, 0.4) is 0 Å². The van der Waals surface area contributed by atoms with Gasteiger partial charge in [-0.05, 0) is 17.7 Å². The number of carbonyl (C=O) groups excluding carboxylic acids is 2. The Labute approximate surface area is 128 Å². The molecule has 6 nitrogen and oxygen atoms in total. The molecule has 0 atom stereocenters. The summed E-state index contributed by atoms with van der Waals surface area (Å²) in [4.78, 5) is 24.5. The van der Waals surface area contributed by atoms with Gasteiger partial charge in [0.15, 0.2) is 0 Å². The fraction of sp³-hybridized carbons (Fsp3) is 0.286. The number of benzene rings is 1. The standard InChI is InChI=1S/C14H18ClN3O3/c1-18(6-7-19)14(21)12(13(16)20)9-17-8-10-2-4-11(15)5-3-10/h2-5,9,17,19H,6-8H2,1H3,(H2,16,20)/b12-9+. The molecule has 21 heavy (non-hydrogen) atoms. The summed E-state index contributed by atoms with van der Waals surface area (Å²) in [6.45, 7) is 0.359. The fourth-order valence-electron chi connectivity index (χ4n) is 1.57. The van der Waals surface area contributed by atoms with Crippen molar-refractivity contribution in [1.82, 2.24) is 10.2 Å². The number of hydrogen-bond acceptors (Lipinski definition) is 4. The highest BCUT2D eigenvalue weighted by Crippen LogP contribution is 2.09. The van der Waals surface area contributed by atoms with Crippen molar-refractivity contribution in [1.29, 1.82) is 0 Å². The molecule has 0 aliphatic rings. The maximum atomic E-state index is 11.9. The second-order valence-electron chi connectivity index (χ2n) is 4.38. The molecule has 0 radical (unpaired) electrons. The smallest absolute Gasteiger partial charge is 0.260 e. The minimum atomic E-state index is -0.826. The lowest BCUT2D eigenvalue weighted by atomic mass is 10.2. The molecule has 0 unspecified atom stereocenters. The van der Waals surface area contributed by atoms with Gasteiger partial charge in [-0.1, -0.05) is 23.7 Å². The average Bonchev–Trinajstić information content (AvgIpc) is 2.44. The van der Waals surface area contributed by atoms with Crippen LogP contribution in [0, 0.1) is 0 Å². The molecule has 0 aromatic heterocycles. The van der Waals surface area contributed by atoms with Crippen molar-refractivity contribution in [3.05, 3.63) is 46.6 Å². The van der Waals surface area contributed by atoms with E-state index in [2.05, 4.69) is 5.32 Å². The van der Waals surface area contributed by atoms with E-state index in [1.807, 2.05) is 12.1 Å². The summed E-state index contributed by atoms with van der Waals surface area (Å²) in [6.07, 6.45) is 1.28. The normalized spacial score (nSPS) is 11.1. The molecule has 1 aromatic carbocycles. The van der Waals surface area contributed by atoms with Crippen LogP contribution in [0.15, 0.2) is 36.0 Å². The molecule has 1 aromatic rings. The average molecular weight is 312 g/mol. The Kier molecular flexibility index (Phi) is 6.71. The number of carbonyl (C=O) groups is 2. The van der Waals surface area contributed by atoms with Gasteiger partial charge in [-0.2, -0.15) is 0 Å². The SMILES string of the molecule is CN(CCO)C(=O)/C(=C/NCc1ccc(Cl)cc1)C(N)=O. The van der Waals surface area contributed by atoms with Gasteiger partial charge < -0.3 is 21.1 Å². The minimum absolute atomic E-state index is 0.126. The summed E-state index contributed by atoms with van der Waals surface area (Å²) in [6, 6.07) is 7.15. The molecule has 2 amide bonds. The van der Waals surface area contributed by atoms with Crippen LogP contribution < -0.4 is 11.1 Å². The number of amides is 2. The molecule has 0 spiro atoms. The highest BCUT2D eigenvalue weighted by atomic mass is 35.5. The maximum Gasteiger partial charge on any atom is 0.260 e. The van der Waals surface area contributed by atoms with E-state index in [0.29, 0.717) is 11.6 Å². The van der Waals surface area contributed by atoms with Crippen molar-refractivity contribution >= 4 is 23.4 Å². The first-order valence-electron chi connectivity index (χ1n) is 6.30. The summed E-state index contributed by atoms with van der Waals surface area (Å²) in [5, 5.41) is 12.3. The number of aliphatic hydroxyl groups is 1. The second kappa shape index (κ2) is 8.28. The van der Waals surface area contributed by atoms with Gasteiger partial charge in [0.25, 0.3) is 11.8 Å². The molecular weight excluding hydrogens is 294 g/mol. The molecule has 0 saturated carbocycles. The number of nitrogens with one attached hydrogen (secondary N) is 1. The van der Waals surface area contributed by atoms with Crippen LogP contribution in [0.5, 0.6) is 0 Å². The molecule has 0 aliphatic heterocycles. The molecule has 4 N–H and O–H groups in total. The summed E-state index contributed by atoms with van der Waals surface area (Å²) < 4.78 is 0. The van der Waals surface area contributed by atoms with Gasteiger partial charge in [-0.3, -0.25) is 9.59 Å². The van der Waals surface area contributed by atoms with E-state index < -0.39 is 11.8 Å². The van der Waals surface area contributed by atoms with E-state index in [1.165, 1.54) is 18.1 Å². The van der Waals surface area contributed by atoms with Crippen LogP contribution in [0.1, 0.15) is 5.56 Å². The van der Waals surface area contributed by atoms with E-state index in [9.17, 15) is 9.59 Å². The zero-order valence-corrected chi connectivity index (χ0v) is 12.4. The number of nitrogens with zero attached hydrogens (tertiary/aromatic N) is 1. The minimum Gasteiger partial charge on any atom is -0.395 e. The number of rotatable bonds is 7. The Bertz CT molecular complexity index is 529. The third-order valence-electron chi connectivity index (χ3n) is 2.74. The van der Waals surface area contributed by atoms with E-state index in [1.54, 1.807) is 12.1 Å². The Balaban J connectivity index is 2.70. The molecule has 0 saturated heterocycles. The Morgan fingerprint density at radius 3 is 2.52 bits per heavy atom. The molecule has 7 heteroatoms. The molecule has 0 heterocycles. The van der Waals surface area contributed by atoms with Gasteiger partial charge in [0.05, 0.1) is 6.61 Å². The first-order valence-corrected chi connectivity index (χ1v) is 6.67. The lowest BCUT2D eigenvalue weighted by molar-refractivity contribution is -0.129. The number of likely N-dealkylation sites (N-methyl/N-ethyl adjacent to an activating group) is 1. The molecule has 114 valence electrons. The van der Waals surface area contributed by atoms with Crippen LogP contribution in [-0.4, -0.2) is 42.0 Å². The van der Waals surface area contributed by atoms with Crippen LogP contribution in [0.25, 0.3) is 0 Å². The molecule has 0 fully saturated rings. The van der Waals surface area contributed by atoms with Crippen molar-refractivity contribution in [2.45, 2.75) is 6.54 Å². The number of aliphatic hydroxyl groups excluding tert-OH is 1. The van der Waals surface area contributed by atoms with E-state index in [4.69, 9.17) is 22.4 Å². The maximum absolute atomic E-state index is 11.9. The van der Waals surface area contributed by atoms with Crippen molar-refractivity contribution < 1.29 is 14.7 Å². The summed E-state index contributed by atoms with van der Waals surface area (Å²) in [7, 11) is 1.48. The van der Waals surface area contributed by atoms with Gasteiger partial charge in [0, 0.05) is 31.4 Å². The summed E-state index contributed by atoms with van der Waals surface area (Å²) in [5.74, 6) is -1.37. The first-order chi connectivity index (χ1) is 9.95. The zero-order valence-electron chi connectivity index (χ0n) is 11.7. The van der Waals surface area contributed by atoms with Crippen molar-refractivity contribution in [2.75, 3.05) is 20.2 Å². The van der Waals surface area contributed by atoms with E-state index in [0.717, 1.165) is 5.56 Å². The first kappa shape index (κ1) is 17.0. The van der Waals surface area contributed by atoms with Gasteiger partial charge in [-0.25, -0.2) is 0 Å². The predicted octanol–water partition coefficient (Wildman–Crippen LogP) is 0.249. The second-order valence-corrected chi connectivity index (χ2v) is 4.82. The van der Waals surface area contributed by atoms with Gasteiger partial charge >= 0.3 is 0 Å². The van der Waals surface area contributed by atoms with Crippen LogP contribution >= 0.6 is 11.6 Å². The van der Waals surface area contributed by atoms with E-state index >= 15 is 0 Å². The highest BCUT2D eigenvalue weighted by molar-refractivity contribution is 6.30. The quantitative estimate of drug-likeness (QED) is 0.382. The predicted molar refractivity (Wildman–Crippen MR) is 80.3 cm³/mol. The summed E-state index contributed by atoms with van der Waals surface area (Å²) >= 11 is 5.78. The van der Waals surface area contributed by atoms with Crippen molar-refractivity contribution in [3.63, 3.8) is 0 Å².